The third-order valence-corrected chi connectivity index (χ3v) is 0.614. The summed E-state index contributed by atoms with van der Waals surface area (Å²) in [7, 11) is 0. The van der Waals surface area contributed by atoms with Crippen molar-refractivity contribution in [2.75, 3.05) is 12.5 Å². The number of hydrogen-bond donors (Lipinski definition) is 1. The van der Waals surface area contributed by atoms with Gasteiger partial charge in [-0.3, -0.25) is 0 Å². The van der Waals surface area contributed by atoms with Crippen LogP contribution in [0.2, 0.25) is 0 Å². The van der Waals surface area contributed by atoms with Crippen LogP contribution in [0.15, 0.2) is 0 Å². The number of aliphatic hydroxyl groups is 1. The van der Waals surface area contributed by atoms with Gasteiger partial charge in [0.05, 0.1) is 0 Å². The minimum Gasteiger partial charge on any atom is -0.396 e. The molecule has 0 aromatic carbocycles. The Bertz CT molecular complexity index is 195. The van der Waals surface area contributed by atoms with Gasteiger partial charge in [-0.15, -0.1) is 11.6 Å². The van der Waals surface area contributed by atoms with Crippen molar-refractivity contribution < 1.29 is 13.3 Å². The van der Waals surface area contributed by atoms with Crippen LogP contribution >= 0.6 is 11.6 Å². The molecule has 0 saturated carbocycles. The number of rotatable bonds is 5. The quantitative estimate of drug-likeness (QED) is 0.581. The Morgan fingerprint density at radius 1 is 1.38 bits per heavy atom. The average molecular weight is 143 g/mol. The van der Waals surface area contributed by atoms with Gasteiger partial charge in [0, 0.05) is 20.7 Å². The van der Waals surface area contributed by atoms with Crippen molar-refractivity contribution in [3.8, 4) is 0 Å². The minimum atomic E-state index is -2.73. The number of halogens is 1. The van der Waals surface area contributed by atoms with Crippen molar-refractivity contribution in [1.82, 2.24) is 0 Å². The SMILES string of the molecule is [2H]C([2H])(CCl)C([2H])([2H])C([2H])([2H])CCO. The van der Waals surface area contributed by atoms with Crippen molar-refractivity contribution >= 4 is 11.6 Å². The molecule has 0 radical (unpaired) electrons. The molecular formula is C6H13ClO. The fraction of sp³-hybridized carbons (Fsp3) is 1.00. The summed E-state index contributed by atoms with van der Waals surface area (Å²) in [6.45, 7) is -0.537. The molecule has 0 saturated heterocycles. The van der Waals surface area contributed by atoms with E-state index in [-0.39, 0.29) is 0 Å². The predicted octanol–water partition coefficient (Wildman–Crippen LogP) is 1.78. The second-order valence-electron chi connectivity index (χ2n) is 1.09. The monoisotopic (exact) mass is 142 g/mol. The summed E-state index contributed by atoms with van der Waals surface area (Å²) in [5.74, 6) is -0.634. The molecule has 0 atom stereocenters. The summed E-state index contributed by atoms with van der Waals surface area (Å²) in [5, 5.41) is 8.54. The van der Waals surface area contributed by atoms with Gasteiger partial charge in [0.2, 0.25) is 0 Å². The molecule has 0 aromatic rings. The van der Waals surface area contributed by atoms with E-state index in [4.69, 9.17) is 24.9 Å². The van der Waals surface area contributed by atoms with E-state index in [1.54, 1.807) is 0 Å². The van der Waals surface area contributed by atoms with Crippen LogP contribution in [0.4, 0.5) is 0 Å². The Labute approximate surface area is 64.1 Å². The van der Waals surface area contributed by atoms with E-state index in [2.05, 4.69) is 0 Å². The van der Waals surface area contributed by atoms with Crippen LogP contribution in [-0.4, -0.2) is 17.6 Å². The Hall–Kier alpha value is 0.250. The van der Waals surface area contributed by atoms with Gasteiger partial charge in [-0.2, -0.15) is 0 Å². The molecule has 1 nitrogen and oxygen atoms in total. The molecule has 0 spiro atoms. The highest BCUT2D eigenvalue weighted by molar-refractivity contribution is 6.17. The van der Waals surface area contributed by atoms with Gasteiger partial charge < -0.3 is 5.11 Å². The summed E-state index contributed by atoms with van der Waals surface area (Å²) in [5.41, 5.74) is 0. The first-order valence-corrected chi connectivity index (χ1v) is 2.83. The van der Waals surface area contributed by atoms with E-state index in [0.29, 0.717) is 0 Å². The van der Waals surface area contributed by atoms with E-state index in [1.807, 2.05) is 0 Å². The van der Waals surface area contributed by atoms with Gasteiger partial charge in [0.1, 0.15) is 0 Å². The molecule has 0 heterocycles. The Kier molecular flexibility index (Phi) is 2.24. The lowest BCUT2D eigenvalue weighted by Gasteiger charge is -1.92. The third kappa shape index (κ3) is 6.25. The lowest BCUT2D eigenvalue weighted by atomic mass is 10.2. The first-order valence-electron chi connectivity index (χ1n) is 5.29. The lowest BCUT2D eigenvalue weighted by molar-refractivity contribution is 0.283. The number of aliphatic hydroxyl groups excluding tert-OH is 1. The van der Waals surface area contributed by atoms with Gasteiger partial charge in [-0.1, -0.05) is 12.7 Å². The maximum absolute atomic E-state index is 8.54. The van der Waals surface area contributed by atoms with Crippen molar-refractivity contribution in [2.45, 2.75) is 25.5 Å². The molecule has 50 valence electrons. The molecule has 0 bridgehead atoms. The first kappa shape index (κ1) is 2.47. The Morgan fingerprint density at radius 3 is 2.62 bits per heavy atom. The predicted molar refractivity (Wildman–Crippen MR) is 36.3 cm³/mol. The van der Waals surface area contributed by atoms with E-state index < -0.39 is 38.0 Å². The second-order valence-corrected chi connectivity index (χ2v) is 1.35. The van der Waals surface area contributed by atoms with Crippen LogP contribution in [0, 0.1) is 0 Å². The molecule has 1 N–H and O–H groups in total. The topological polar surface area (TPSA) is 20.2 Å². The van der Waals surface area contributed by atoms with Crippen molar-refractivity contribution in [3.63, 3.8) is 0 Å². The van der Waals surface area contributed by atoms with Crippen LogP contribution in [-0.2, 0) is 0 Å². The smallest absolute Gasteiger partial charge is 0.0431 e. The van der Waals surface area contributed by atoms with Crippen molar-refractivity contribution in [3.05, 3.63) is 0 Å². The molecule has 0 aromatic heterocycles. The molecule has 0 rings (SSSR count). The molecule has 0 amide bonds. The zero-order chi connectivity index (χ0) is 11.6. The Balaban J connectivity index is 4.92. The molecule has 0 fully saturated rings. The molecule has 2 heteroatoms. The highest BCUT2D eigenvalue weighted by Gasteiger charge is 1.84. The maximum Gasteiger partial charge on any atom is 0.0431 e. The summed E-state index contributed by atoms with van der Waals surface area (Å²) < 4.78 is 43.9. The summed E-state index contributed by atoms with van der Waals surface area (Å²) >= 11 is 5.24. The van der Waals surface area contributed by atoms with Crippen LogP contribution < -0.4 is 0 Å². The minimum absolute atomic E-state index is 0.462. The molecular weight excluding hydrogens is 124 g/mol. The fourth-order valence-corrected chi connectivity index (χ4v) is 0.281. The molecule has 0 unspecified atom stereocenters. The standard InChI is InChI=1S/C6H13ClO/c7-5-3-1-2-4-6-8/h8H,1-6H2/i1D2,2D2,3D2. The van der Waals surface area contributed by atoms with E-state index in [1.165, 1.54) is 0 Å². The molecule has 0 aliphatic rings. The van der Waals surface area contributed by atoms with Crippen LogP contribution in [0.25, 0.3) is 0 Å². The largest absolute Gasteiger partial charge is 0.396 e. The highest BCUT2D eigenvalue weighted by Crippen LogP contribution is 1.99. The summed E-state index contributed by atoms with van der Waals surface area (Å²) in [6, 6.07) is 0. The molecule has 8 heavy (non-hydrogen) atoms. The average Bonchev–Trinajstić information content (AvgIpc) is 2.03. The van der Waals surface area contributed by atoms with Gasteiger partial charge in [-0.05, 0) is 12.8 Å². The van der Waals surface area contributed by atoms with Crippen LogP contribution in [0.3, 0.4) is 0 Å². The van der Waals surface area contributed by atoms with Gasteiger partial charge in [0.15, 0.2) is 0 Å². The summed E-state index contributed by atoms with van der Waals surface area (Å²) in [4.78, 5) is 0. The van der Waals surface area contributed by atoms with Crippen LogP contribution in [0.1, 0.15) is 33.8 Å². The highest BCUT2D eigenvalue weighted by atomic mass is 35.5. The number of alkyl halides is 1. The first-order chi connectivity index (χ1) is 6.12. The van der Waals surface area contributed by atoms with Gasteiger partial charge in [-0.25, -0.2) is 0 Å². The third-order valence-electron chi connectivity index (χ3n) is 0.480. The van der Waals surface area contributed by atoms with Crippen LogP contribution in [0.5, 0.6) is 0 Å². The van der Waals surface area contributed by atoms with Gasteiger partial charge in [0.25, 0.3) is 0 Å². The van der Waals surface area contributed by atoms with E-state index >= 15 is 0 Å². The van der Waals surface area contributed by atoms with Gasteiger partial charge >= 0.3 is 0 Å². The summed E-state index contributed by atoms with van der Waals surface area (Å²) in [6.07, 6.45) is -8.10. The van der Waals surface area contributed by atoms with Crippen molar-refractivity contribution in [2.24, 2.45) is 0 Å². The maximum atomic E-state index is 8.54. The second kappa shape index (κ2) is 7.25. The van der Waals surface area contributed by atoms with E-state index in [0.717, 1.165) is 0 Å². The number of hydrogen-bond acceptors (Lipinski definition) is 1. The molecule has 0 aliphatic carbocycles. The molecule has 0 aliphatic heterocycles. The fourth-order valence-electron chi connectivity index (χ4n) is 0.214. The van der Waals surface area contributed by atoms with E-state index in [9.17, 15) is 0 Å². The normalized spacial score (nSPS) is 26.2. The lowest BCUT2D eigenvalue weighted by Crippen LogP contribution is -1.82. The zero-order valence-corrected chi connectivity index (χ0v) is 5.20. The Morgan fingerprint density at radius 2 is 2.12 bits per heavy atom. The van der Waals surface area contributed by atoms with Crippen molar-refractivity contribution in [1.29, 1.82) is 0 Å². The zero-order valence-electron chi connectivity index (χ0n) is 10.4.